The van der Waals surface area contributed by atoms with E-state index < -0.39 is 17.6 Å². The predicted molar refractivity (Wildman–Crippen MR) is 81.9 cm³/mol. The van der Waals surface area contributed by atoms with E-state index in [1.165, 1.54) is 0 Å². The van der Waals surface area contributed by atoms with Crippen LogP contribution in [0.4, 0.5) is 19.0 Å². The minimum absolute atomic E-state index is 0.116. The van der Waals surface area contributed by atoms with Crippen LogP contribution in [0.1, 0.15) is 43.1 Å². The molecule has 132 valence electrons. The van der Waals surface area contributed by atoms with Gasteiger partial charge in [0.2, 0.25) is 0 Å². The summed E-state index contributed by atoms with van der Waals surface area (Å²) in [5, 5.41) is 21.3. The van der Waals surface area contributed by atoms with Crippen molar-refractivity contribution in [2.45, 2.75) is 51.8 Å². The highest BCUT2D eigenvalue weighted by molar-refractivity contribution is 5.59. The smallest absolute Gasteiger partial charge is 0.390 e. The lowest BCUT2D eigenvalue weighted by molar-refractivity contribution is -0.146. The standard InChI is InChI=1S/C15H20F3N5O/c1-9-10(2)12(22-7-4-5-14(3,24)6-8-22)21-23-11(9)19-20-13(23)15(16,17)18/h24H,4-8H2,1-3H3. The molecule has 9 heteroatoms. The molecule has 6 nitrogen and oxygen atoms in total. The summed E-state index contributed by atoms with van der Waals surface area (Å²) in [5.74, 6) is -0.633. The number of hydrogen-bond donors (Lipinski definition) is 1. The van der Waals surface area contributed by atoms with Crippen molar-refractivity contribution in [2.75, 3.05) is 18.0 Å². The third-order valence-corrected chi connectivity index (χ3v) is 4.69. The summed E-state index contributed by atoms with van der Waals surface area (Å²) < 4.78 is 40.1. The van der Waals surface area contributed by atoms with Crippen molar-refractivity contribution in [3.63, 3.8) is 0 Å². The summed E-state index contributed by atoms with van der Waals surface area (Å²) in [7, 11) is 0. The molecule has 0 bridgehead atoms. The van der Waals surface area contributed by atoms with Crippen molar-refractivity contribution < 1.29 is 18.3 Å². The van der Waals surface area contributed by atoms with E-state index >= 15 is 0 Å². The van der Waals surface area contributed by atoms with Crippen LogP contribution in [-0.2, 0) is 6.18 Å². The van der Waals surface area contributed by atoms with E-state index in [1.807, 2.05) is 11.8 Å². The molecule has 0 saturated carbocycles. The monoisotopic (exact) mass is 343 g/mol. The Labute approximate surface area is 137 Å². The van der Waals surface area contributed by atoms with Gasteiger partial charge in [-0.1, -0.05) is 0 Å². The lowest BCUT2D eigenvalue weighted by Gasteiger charge is -2.25. The van der Waals surface area contributed by atoms with Crippen molar-refractivity contribution in [1.29, 1.82) is 0 Å². The van der Waals surface area contributed by atoms with Crippen molar-refractivity contribution in [3.8, 4) is 0 Å². The molecule has 1 fully saturated rings. The number of rotatable bonds is 1. The maximum Gasteiger partial charge on any atom is 0.453 e. The summed E-state index contributed by atoms with van der Waals surface area (Å²) in [6.45, 7) is 6.50. The number of alkyl halides is 3. The summed E-state index contributed by atoms with van der Waals surface area (Å²) in [4.78, 5) is 1.93. The maximum atomic E-state index is 13.1. The van der Waals surface area contributed by atoms with Gasteiger partial charge in [0, 0.05) is 24.2 Å². The molecule has 2 aromatic heterocycles. The van der Waals surface area contributed by atoms with Gasteiger partial charge in [0.25, 0.3) is 5.82 Å². The highest BCUT2D eigenvalue weighted by Gasteiger charge is 2.38. The fourth-order valence-electron chi connectivity index (χ4n) is 3.07. The third kappa shape index (κ3) is 2.92. The van der Waals surface area contributed by atoms with Crippen LogP contribution in [-0.4, -0.2) is 43.6 Å². The molecule has 1 aliphatic heterocycles. The molecule has 1 N–H and O–H groups in total. The van der Waals surface area contributed by atoms with Crippen LogP contribution in [0, 0.1) is 13.8 Å². The molecule has 1 unspecified atom stereocenters. The first-order valence-corrected chi connectivity index (χ1v) is 7.87. The Kier molecular flexibility index (Phi) is 3.94. The Hall–Kier alpha value is -1.90. The largest absolute Gasteiger partial charge is 0.453 e. The van der Waals surface area contributed by atoms with E-state index in [2.05, 4.69) is 15.3 Å². The quantitative estimate of drug-likeness (QED) is 0.862. The molecular formula is C15H20F3N5O. The van der Waals surface area contributed by atoms with Crippen LogP contribution in [0.3, 0.4) is 0 Å². The lowest BCUT2D eigenvalue weighted by atomic mass is 9.98. The number of aromatic nitrogens is 4. The van der Waals surface area contributed by atoms with E-state index in [4.69, 9.17) is 0 Å². The van der Waals surface area contributed by atoms with Gasteiger partial charge in [0.15, 0.2) is 11.5 Å². The Bertz CT molecular complexity index is 769. The molecule has 3 rings (SSSR count). The molecule has 1 saturated heterocycles. The molecule has 0 amide bonds. The Balaban J connectivity index is 2.09. The maximum absolute atomic E-state index is 13.1. The first-order chi connectivity index (χ1) is 11.1. The van der Waals surface area contributed by atoms with Crippen molar-refractivity contribution in [2.24, 2.45) is 0 Å². The molecule has 0 spiro atoms. The molecule has 1 aliphatic rings. The highest BCUT2D eigenvalue weighted by atomic mass is 19.4. The first kappa shape index (κ1) is 16.9. The van der Waals surface area contributed by atoms with Gasteiger partial charge >= 0.3 is 6.18 Å². The van der Waals surface area contributed by atoms with Crippen LogP contribution in [0.2, 0.25) is 0 Å². The number of fused-ring (bicyclic) bond motifs is 1. The van der Waals surface area contributed by atoms with Crippen molar-refractivity contribution in [1.82, 2.24) is 19.8 Å². The van der Waals surface area contributed by atoms with Gasteiger partial charge in [-0.05, 0) is 40.0 Å². The SMILES string of the molecule is Cc1c(N2CCCC(C)(O)CC2)nn2c(C(F)(F)F)nnc2c1C. The number of hydrogen-bond acceptors (Lipinski definition) is 5. The fourth-order valence-corrected chi connectivity index (χ4v) is 3.07. The number of anilines is 1. The van der Waals surface area contributed by atoms with Gasteiger partial charge in [0.1, 0.15) is 0 Å². The predicted octanol–water partition coefficient (Wildman–Crippen LogP) is 2.50. The van der Waals surface area contributed by atoms with Gasteiger partial charge in [-0.3, -0.25) is 0 Å². The van der Waals surface area contributed by atoms with E-state index in [1.54, 1.807) is 13.8 Å². The molecule has 1 atom stereocenters. The summed E-state index contributed by atoms with van der Waals surface area (Å²) in [6, 6.07) is 0. The van der Waals surface area contributed by atoms with Gasteiger partial charge in [0.05, 0.1) is 5.60 Å². The van der Waals surface area contributed by atoms with E-state index in [0.717, 1.165) is 16.5 Å². The summed E-state index contributed by atoms with van der Waals surface area (Å²) >= 11 is 0. The normalized spacial score (nSPS) is 22.9. The minimum atomic E-state index is -4.62. The summed E-state index contributed by atoms with van der Waals surface area (Å²) in [6.07, 6.45) is -2.67. The third-order valence-electron chi connectivity index (χ3n) is 4.69. The molecule has 0 radical (unpaired) electrons. The minimum Gasteiger partial charge on any atom is -0.390 e. The second-order valence-electron chi connectivity index (χ2n) is 6.67. The molecule has 3 heterocycles. The number of nitrogens with zero attached hydrogens (tertiary/aromatic N) is 5. The Morgan fingerprint density at radius 2 is 1.79 bits per heavy atom. The van der Waals surface area contributed by atoms with Gasteiger partial charge < -0.3 is 10.0 Å². The Morgan fingerprint density at radius 1 is 1.08 bits per heavy atom. The molecule has 0 aliphatic carbocycles. The van der Waals surface area contributed by atoms with Crippen LogP contribution < -0.4 is 4.90 Å². The topological polar surface area (TPSA) is 66.5 Å². The van der Waals surface area contributed by atoms with Crippen LogP contribution in [0.15, 0.2) is 0 Å². The van der Waals surface area contributed by atoms with E-state index in [-0.39, 0.29) is 5.65 Å². The van der Waals surface area contributed by atoms with Gasteiger partial charge in [-0.25, -0.2) is 0 Å². The number of halogens is 3. The fraction of sp³-hybridized carbons (Fsp3) is 0.667. The molecular weight excluding hydrogens is 323 g/mol. The van der Waals surface area contributed by atoms with Crippen molar-refractivity contribution in [3.05, 3.63) is 17.0 Å². The highest BCUT2D eigenvalue weighted by Crippen LogP contribution is 2.32. The van der Waals surface area contributed by atoms with E-state index in [9.17, 15) is 18.3 Å². The molecule has 0 aromatic carbocycles. The Morgan fingerprint density at radius 3 is 2.46 bits per heavy atom. The van der Waals surface area contributed by atoms with E-state index in [0.29, 0.717) is 37.3 Å². The molecule has 24 heavy (non-hydrogen) atoms. The zero-order valence-corrected chi connectivity index (χ0v) is 13.9. The molecule has 2 aromatic rings. The van der Waals surface area contributed by atoms with Crippen LogP contribution >= 0.6 is 0 Å². The zero-order valence-electron chi connectivity index (χ0n) is 13.9. The average Bonchev–Trinajstić information content (AvgIpc) is 2.82. The number of aliphatic hydroxyl groups is 1. The second kappa shape index (κ2) is 5.58. The zero-order chi connectivity index (χ0) is 17.7. The first-order valence-electron chi connectivity index (χ1n) is 7.87. The van der Waals surface area contributed by atoms with Crippen LogP contribution in [0.5, 0.6) is 0 Å². The van der Waals surface area contributed by atoms with Crippen molar-refractivity contribution >= 4 is 11.5 Å². The van der Waals surface area contributed by atoms with Gasteiger partial charge in [-0.2, -0.15) is 17.7 Å². The second-order valence-corrected chi connectivity index (χ2v) is 6.67. The number of aryl methyl sites for hydroxylation is 1. The van der Waals surface area contributed by atoms with Crippen LogP contribution in [0.25, 0.3) is 5.65 Å². The lowest BCUT2D eigenvalue weighted by Crippen LogP contribution is -2.30. The van der Waals surface area contributed by atoms with Gasteiger partial charge in [-0.15, -0.1) is 15.3 Å². The summed E-state index contributed by atoms with van der Waals surface area (Å²) in [5.41, 5.74) is 0.768. The average molecular weight is 343 g/mol.